The third-order valence-electron chi connectivity index (χ3n) is 2.95. The maximum Gasteiger partial charge on any atom is 0.128 e. The molecule has 0 unspecified atom stereocenters. The number of aliphatic hydroxyl groups is 1. The predicted octanol–water partition coefficient (Wildman–Crippen LogP) is 2.91. The minimum Gasteiger partial charge on any atom is -0.389 e. The molecular formula is C15H17FN2O. The molecule has 100 valence electrons. The fourth-order valence-electron chi connectivity index (χ4n) is 1.89. The van der Waals surface area contributed by atoms with Crippen molar-refractivity contribution in [2.45, 2.75) is 19.6 Å². The Hall–Kier alpha value is -1.94. The number of rotatable bonds is 4. The standard InChI is InChI=1S/C15H17FN2O/c1-11(19)13-6-7-17-15(9-13)18(2)10-12-4-3-5-14(16)8-12/h3-9,11,19H,10H2,1-2H3/t11-/m1/s1. The van der Waals surface area contributed by atoms with Gasteiger partial charge in [-0.1, -0.05) is 12.1 Å². The SMILES string of the molecule is C[C@@H](O)c1ccnc(N(C)Cc2cccc(F)c2)c1. The highest BCUT2D eigenvalue weighted by Crippen LogP contribution is 2.18. The lowest BCUT2D eigenvalue weighted by atomic mass is 10.1. The van der Waals surface area contributed by atoms with Gasteiger partial charge in [-0.05, 0) is 42.3 Å². The van der Waals surface area contributed by atoms with Crippen LogP contribution in [0.1, 0.15) is 24.2 Å². The molecule has 1 atom stereocenters. The third kappa shape index (κ3) is 3.51. The molecule has 19 heavy (non-hydrogen) atoms. The van der Waals surface area contributed by atoms with Crippen LogP contribution in [0.2, 0.25) is 0 Å². The number of aromatic nitrogens is 1. The van der Waals surface area contributed by atoms with Crippen LogP contribution in [0.15, 0.2) is 42.6 Å². The van der Waals surface area contributed by atoms with Crippen LogP contribution >= 0.6 is 0 Å². The topological polar surface area (TPSA) is 36.4 Å². The number of nitrogens with zero attached hydrogens (tertiary/aromatic N) is 2. The Morgan fingerprint density at radius 1 is 1.32 bits per heavy atom. The fraction of sp³-hybridized carbons (Fsp3) is 0.267. The lowest BCUT2D eigenvalue weighted by molar-refractivity contribution is 0.199. The van der Waals surface area contributed by atoms with Crippen molar-refractivity contribution in [3.8, 4) is 0 Å². The van der Waals surface area contributed by atoms with E-state index in [4.69, 9.17) is 0 Å². The number of halogens is 1. The molecule has 0 saturated carbocycles. The monoisotopic (exact) mass is 260 g/mol. The van der Waals surface area contributed by atoms with E-state index in [0.29, 0.717) is 6.54 Å². The summed E-state index contributed by atoms with van der Waals surface area (Å²) in [6.07, 6.45) is 1.14. The molecule has 1 aromatic carbocycles. The van der Waals surface area contributed by atoms with Gasteiger partial charge in [-0.3, -0.25) is 0 Å². The van der Waals surface area contributed by atoms with E-state index in [2.05, 4.69) is 4.98 Å². The Balaban J connectivity index is 2.15. The molecule has 0 aliphatic carbocycles. The zero-order valence-corrected chi connectivity index (χ0v) is 11.0. The Morgan fingerprint density at radius 2 is 2.11 bits per heavy atom. The molecule has 2 rings (SSSR count). The maximum atomic E-state index is 13.1. The van der Waals surface area contributed by atoms with E-state index in [1.165, 1.54) is 12.1 Å². The molecule has 1 N–H and O–H groups in total. The molecule has 0 amide bonds. The van der Waals surface area contributed by atoms with E-state index < -0.39 is 6.10 Å². The Bertz CT molecular complexity index is 557. The van der Waals surface area contributed by atoms with E-state index >= 15 is 0 Å². The predicted molar refractivity (Wildman–Crippen MR) is 73.4 cm³/mol. The molecule has 2 aromatic rings. The zero-order valence-electron chi connectivity index (χ0n) is 11.0. The average Bonchev–Trinajstić information content (AvgIpc) is 2.39. The highest BCUT2D eigenvalue weighted by Gasteiger charge is 2.07. The second-order valence-electron chi connectivity index (χ2n) is 4.61. The molecule has 0 spiro atoms. The van der Waals surface area contributed by atoms with E-state index in [1.807, 2.05) is 24.1 Å². The lowest BCUT2D eigenvalue weighted by Crippen LogP contribution is -2.18. The van der Waals surface area contributed by atoms with Crippen LogP contribution < -0.4 is 4.90 Å². The van der Waals surface area contributed by atoms with Crippen molar-refractivity contribution in [3.63, 3.8) is 0 Å². The first-order valence-corrected chi connectivity index (χ1v) is 6.16. The number of hydrogen-bond acceptors (Lipinski definition) is 3. The number of hydrogen-bond donors (Lipinski definition) is 1. The van der Waals surface area contributed by atoms with Gasteiger partial charge >= 0.3 is 0 Å². The van der Waals surface area contributed by atoms with Gasteiger partial charge in [0.1, 0.15) is 11.6 Å². The Kier molecular flexibility index (Phi) is 4.12. The molecule has 0 radical (unpaired) electrons. The van der Waals surface area contributed by atoms with Crippen LogP contribution in [-0.4, -0.2) is 17.1 Å². The zero-order chi connectivity index (χ0) is 13.8. The van der Waals surface area contributed by atoms with Crippen LogP contribution in [0.25, 0.3) is 0 Å². The van der Waals surface area contributed by atoms with Gasteiger partial charge in [0, 0.05) is 19.8 Å². The maximum absolute atomic E-state index is 13.1. The van der Waals surface area contributed by atoms with Crippen molar-refractivity contribution in [3.05, 3.63) is 59.5 Å². The number of aliphatic hydroxyl groups excluding tert-OH is 1. The molecule has 0 aliphatic rings. The van der Waals surface area contributed by atoms with Gasteiger partial charge in [-0.2, -0.15) is 0 Å². The normalized spacial score (nSPS) is 12.2. The summed E-state index contributed by atoms with van der Waals surface area (Å²) in [5.74, 6) is 0.513. The van der Waals surface area contributed by atoms with Crippen molar-refractivity contribution in [2.75, 3.05) is 11.9 Å². The minimum absolute atomic E-state index is 0.239. The van der Waals surface area contributed by atoms with Crippen molar-refractivity contribution < 1.29 is 9.50 Å². The summed E-state index contributed by atoms with van der Waals surface area (Å²) in [7, 11) is 1.89. The van der Waals surface area contributed by atoms with Gasteiger partial charge in [0.05, 0.1) is 6.10 Å². The third-order valence-corrected chi connectivity index (χ3v) is 2.95. The van der Waals surface area contributed by atoms with Crippen molar-refractivity contribution in [1.82, 2.24) is 4.98 Å². The molecule has 1 heterocycles. The van der Waals surface area contributed by atoms with Crippen LogP contribution in [0, 0.1) is 5.82 Å². The van der Waals surface area contributed by atoms with Gasteiger partial charge in [-0.25, -0.2) is 9.37 Å². The van der Waals surface area contributed by atoms with E-state index in [-0.39, 0.29) is 5.82 Å². The van der Waals surface area contributed by atoms with Crippen molar-refractivity contribution >= 4 is 5.82 Å². The van der Waals surface area contributed by atoms with E-state index in [1.54, 1.807) is 25.3 Å². The first-order chi connectivity index (χ1) is 9.06. The van der Waals surface area contributed by atoms with Gasteiger partial charge < -0.3 is 10.0 Å². The minimum atomic E-state index is -0.524. The highest BCUT2D eigenvalue weighted by atomic mass is 19.1. The molecule has 3 nitrogen and oxygen atoms in total. The van der Waals surface area contributed by atoms with E-state index in [0.717, 1.165) is 16.9 Å². The van der Waals surface area contributed by atoms with Crippen LogP contribution in [-0.2, 0) is 6.54 Å². The second kappa shape index (κ2) is 5.80. The van der Waals surface area contributed by atoms with Crippen molar-refractivity contribution in [2.24, 2.45) is 0 Å². The van der Waals surface area contributed by atoms with Gasteiger partial charge in [0.25, 0.3) is 0 Å². The van der Waals surface area contributed by atoms with Crippen LogP contribution in [0.3, 0.4) is 0 Å². The van der Waals surface area contributed by atoms with Gasteiger partial charge in [-0.15, -0.1) is 0 Å². The van der Waals surface area contributed by atoms with Gasteiger partial charge in [0.15, 0.2) is 0 Å². The summed E-state index contributed by atoms with van der Waals surface area (Å²) in [5.41, 5.74) is 1.70. The summed E-state index contributed by atoms with van der Waals surface area (Å²) in [6.45, 7) is 2.28. The molecule has 0 saturated heterocycles. The van der Waals surface area contributed by atoms with Crippen molar-refractivity contribution in [1.29, 1.82) is 0 Å². The molecule has 1 aromatic heterocycles. The quantitative estimate of drug-likeness (QED) is 0.918. The molecule has 4 heteroatoms. The van der Waals surface area contributed by atoms with Crippen LogP contribution in [0.4, 0.5) is 10.2 Å². The number of pyridine rings is 1. The van der Waals surface area contributed by atoms with E-state index in [9.17, 15) is 9.50 Å². The summed E-state index contributed by atoms with van der Waals surface area (Å²) >= 11 is 0. The van der Waals surface area contributed by atoms with Crippen LogP contribution in [0.5, 0.6) is 0 Å². The number of benzene rings is 1. The largest absolute Gasteiger partial charge is 0.389 e. The molecular weight excluding hydrogens is 243 g/mol. The average molecular weight is 260 g/mol. The summed E-state index contributed by atoms with van der Waals surface area (Å²) in [5, 5.41) is 9.56. The lowest BCUT2D eigenvalue weighted by Gasteiger charge is -2.19. The molecule has 0 aliphatic heterocycles. The summed E-state index contributed by atoms with van der Waals surface area (Å²) < 4.78 is 13.1. The molecule has 0 fully saturated rings. The molecule has 0 bridgehead atoms. The second-order valence-corrected chi connectivity index (χ2v) is 4.61. The smallest absolute Gasteiger partial charge is 0.128 e. The summed E-state index contributed by atoms with van der Waals surface area (Å²) in [4.78, 5) is 6.18. The summed E-state index contributed by atoms with van der Waals surface area (Å²) in [6, 6.07) is 10.1. The Labute approximate surface area is 112 Å². The number of anilines is 1. The van der Waals surface area contributed by atoms with Gasteiger partial charge in [0.2, 0.25) is 0 Å². The highest BCUT2D eigenvalue weighted by molar-refractivity contribution is 5.41. The first kappa shape index (κ1) is 13.5. The fourth-order valence-corrected chi connectivity index (χ4v) is 1.89. The Morgan fingerprint density at radius 3 is 2.79 bits per heavy atom. The first-order valence-electron chi connectivity index (χ1n) is 6.16.